The van der Waals surface area contributed by atoms with E-state index in [1.165, 1.54) is 5.56 Å². The third-order valence-electron chi connectivity index (χ3n) is 3.01. The molecule has 0 aliphatic heterocycles. The van der Waals surface area contributed by atoms with Gasteiger partial charge in [0.1, 0.15) is 6.54 Å². The third-order valence-corrected chi connectivity index (χ3v) is 3.01. The van der Waals surface area contributed by atoms with E-state index >= 15 is 0 Å². The summed E-state index contributed by atoms with van der Waals surface area (Å²) in [6.45, 7) is 9.21. The summed E-state index contributed by atoms with van der Waals surface area (Å²) in [4.78, 5) is 14.9. The molecule has 2 aromatic rings. The molecule has 0 aliphatic carbocycles. The van der Waals surface area contributed by atoms with E-state index in [0.29, 0.717) is 6.54 Å². The summed E-state index contributed by atoms with van der Waals surface area (Å²) >= 11 is 0. The van der Waals surface area contributed by atoms with Crippen molar-refractivity contribution in [1.82, 2.24) is 4.98 Å². The summed E-state index contributed by atoms with van der Waals surface area (Å²) in [5.74, 6) is 0. The molecule has 1 aromatic heterocycles. The maximum Gasteiger partial charge on any atom is 0.257 e. The van der Waals surface area contributed by atoms with Crippen molar-refractivity contribution in [3.63, 3.8) is 0 Å². The number of hydrogen-bond acceptors (Lipinski definition) is 1. The molecule has 0 amide bonds. The number of pyridine rings is 1. The van der Waals surface area contributed by atoms with Crippen molar-refractivity contribution in [2.45, 2.75) is 39.8 Å². The van der Waals surface area contributed by atoms with E-state index in [1.54, 1.807) is 0 Å². The number of aryl methyl sites for hydroxylation is 1. The van der Waals surface area contributed by atoms with Crippen molar-refractivity contribution >= 4 is 10.9 Å². The lowest BCUT2D eigenvalue weighted by Crippen LogP contribution is -2.93. The molecule has 0 unspecified atom stereocenters. The molecule has 1 aromatic carbocycles. The maximum absolute atomic E-state index is 12.0. The van der Waals surface area contributed by atoms with Crippen molar-refractivity contribution in [2.24, 2.45) is 0 Å². The van der Waals surface area contributed by atoms with Gasteiger partial charge in [0, 0.05) is 5.52 Å². The van der Waals surface area contributed by atoms with Gasteiger partial charge in [-0.15, -0.1) is 0 Å². The van der Waals surface area contributed by atoms with Gasteiger partial charge in [-0.05, 0) is 51.3 Å². The van der Waals surface area contributed by atoms with Gasteiger partial charge in [-0.3, -0.25) is 4.79 Å². The summed E-state index contributed by atoms with van der Waals surface area (Å²) in [5, 5.41) is 3.28. The standard InChI is InChI=1S/C15H20N2O/c1-10-5-6-13-11(7-10)8-12(14(18)17-13)9-16-15(2,3)4/h5-8,16H,9H2,1-4H3,(H,17,18)/p+1. The van der Waals surface area contributed by atoms with Crippen LogP contribution in [0.3, 0.4) is 0 Å². The number of quaternary nitrogens is 1. The Kier molecular flexibility index (Phi) is 3.26. The number of aromatic amines is 1. The zero-order valence-corrected chi connectivity index (χ0v) is 11.5. The predicted octanol–water partition coefficient (Wildman–Crippen LogP) is 1.70. The van der Waals surface area contributed by atoms with Crippen molar-refractivity contribution in [3.8, 4) is 0 Å². The largest absolute Gasteiger partial charge is 0.338 e. The molecule has 0 radical (unpaired) electrons. The van der Waals surface area contributed by atoms with Crippen molar-refractivity contribution in [1.29, 1.82) is 0 Å². The van der Waals surface area contributed by atoms with Crippen LogP contribution >= 0.6 is 0 Å². The Morgan fingerprint density at radius 3 is 2.61 bits per heavy atom. The molecule has 0 atom stereocenters. The molecule has 3 heteroatoms. The highest BCUT2D eigenvalue weighted by Crippen LogP contribution is 2.12. The van der Waals surface area contributed by atoms with Crippen molar-refractivity contribution in [3.05, 3.63) is 45.7 Å². The van der Waals surface area contributed by atoms with Crippen LogP contribution in [-0.4, -0.2) is 10.5 Å². The van der Waals surface area contributed by atoms with Gasteiger partial charge in [0.15, 0.2) is 0 Å². The van der Waals surface area contributed by atoms with Gasteiger partial charge in [0.25, 0.3) is 5.56 Å². The Bertz CT molecular complexity index is 620. The van der Waals surface area contributed by atoms with Gasteiger partial charge in [0.2, 0.25) is 0 Å². The van der Waals surface area contributed by atoms with E-state index < -0.39 is 0 Å². The fourth-order valence-electron chi connectivity index (χ4n) is 1.94. The first kappa shape index (κ1) is 12.8. The third kappa shape index (κ3) is 2.99. The fraction of sp³-hybridized carbons (Fsp3) is 0.400. The molecule has 0 bridgehead atoms. The van der Waals surface area contributed by atoms with Gasteiger partial charge in [0.05, 0.1) is 11.1 Å². The first-order valence-electron chi connectivity index (χ1n) is 6.32. The smallest absolute Gasteiger partial charge is 0.257 e. The molecule has 18 heavy (non-hydrogen) atoms. The summed E-state index contributed by atoms with van der Waals surface area (Å²) in [6, 6.07) is 8.08. The second-order valence-corrected chi connectivity index (χ2v) is 5.99. The van der Waals surface area contributed by atoms with Crippen LogP contribution in [0.2, 0.25) is 0 Å². The number of benzene rings is 1. The lowest BCUT2D eigenvalue weighted by atomic mass is 10.1. The molecular formula is C15H21N2O+. The quantitative estimate of drug-likeness (QED) is 0.831. The number of fused-ring (bicyclic) bond motifs is 1. The lowest BCUT2D eigenvalue weighted by Gasteiger charge is -2.16. The molecule has 0 aliphatic rings. The lowest BCUT2D eigenvalue weighted by molar-refractivity contribution is -0.731. The Morgan fingerprint density at radius 1 is 1.22 bits per heavy atom. The Morgan fingerprint density at radius 2 is 1.94 bits per heavy atom. The van der Waals surface area contributed by atoms with E-state index in [1.807, 2.05) is 18.2 Å². The zero-order valence-electron chi connectivity index (χ0n) is 11.5. The average molecular weight is 245 g/mol. The van der Waals surface area contributed by atoms with Crippen molar-refractivity contribution < 1.29 is 5.32 Å². The van der Waals surface area contributed by atoms with Crippen LogP contribution in [0.5, 0.6) is 0 Å². The minimum atomic E-state index is 0.0202. The molecule has 3 nitrogen and oxygen atoms in total. The molecule has 0 spiro atoms. The SMILES string of the molecule is Cc1ccc2[nH]c(=O)c(C[NH2+]C(C)(C)C)cc2c1. The van der Waals surface area contributed by atoms with Crippen LogP contribution in [0.25, 0.3) is 10.9 Å². The van der Waals surface area contributed by atoms with E-state index in [-0.39, 0.29) is 11.1 Å². The van der Waals surface area contributed by atoms with Crippen LogP contribution < -0.4 is 10.9 Å². The summed E-state index contributed by atoms with van der Waals surface area (Å²) in [7, 11) is 0. The number of hydrogen-bond donors (Lipinski definition) is 2. The monoisotopic (exact) mass is 245 g/mol. The number of nitrogens with two attached hydrogens (primary N) is 1. The molecule has 3 N–H and O–H groups in total. The molecule has 2 rings (SSSR count). The van der Waals surface area contributed by atoms with E-state index in [9.17, 15) is 4.79 Å². The van der Waals surface area contributed by atoms with Crippen LogP contribution in [0.1, 0.15) is 31.9 Å². The molecular weight excluding hydrogens is 224 g/mol. The molecule has 0 saturated carbocycles. The highest BCUT2D eigenvalue weighted by atomic mass is 16.1. The minimum Gasteiger partial charge on any atom is -0.338 e. The first-order valence-corrected chi connectivity index (χ1v) is 6.32. The van der Waals surface area contributed by atoms with E-state index in [0.717, 1.165) is 16.5 Å². The Labute approximate surface area is 107 Å². The van der Waals surface area contributed by atoms with Gasteiger partial charge in [-0.1, -0.05) is 11.6 Å². The summed E-state index contributed by atoms with van der Waals surface area (Å²) in [6.07, 6.45) is 0. The van der Waals surface area contributed by atoms with Gasteiger partial charge < -0.3 is 10.3 Å². The zero-order chi connectivity index (χ0) is 13.3. The normalized spacial score (nSPS) is 12.0. The minimum absolute atomic E-state index is 0.0202. The van der Waals surface area contributed by atoms with Crippen LogP contribution in [0, 0.1) is 6.92 Å². The number of nitrogens with one attached hydrogen (secondary N) is 1. The highest BCUT2D eigenvalue weighted by molar-refractivity contribution is 5.79. The van der Waals surface area contributed by atoms with Crippen molar-refractivity contribution in [2.75, 3.05) is 0 Å². The molecule has 1 heterocycles. The molecule has 96 valence electrons. The first-order chi connectivity index (χ1) is 8.35. The topological polar surface area (TPSA) is 49.5 Å². The fourth-order valence-corrected chi connectivity index (χ4v) is 1.94. The average Bonchev–Trinajstić information content (AvgIpc) is 2.26. The van der Waals surface area contributed by atoms with Gasteiger partial charge in [-0.25, -0.2) is 0 Å². The van der Waals surface area contributed by atoms with Gasteiger partial charge in [-0.2, -0.15) is 0 Å². The summed E-state index contributed by atoms with van der Waals surface area (Å²) in [5.41, 5.74) is 3.11. The number of rotatable bonds is 2. The van der Waals surface area contributed by atoms with Crippen LogP contribution in [-0.2, 0) is 6.54 Å². The van der Waals surface area contributed by atoms with Crippen LogP contribution in [0.4, 0.5) is 0 Å². The Balaban J connectivity index is 2.39. The second kappa shape index (κ2) is 4.58. The maximum atomic E-state index is 12.0. The van der Waals surface area contributed by atoms with Crippen LogP contribution in [0.15, 0.2) is 29.1 Å². The molecule has 0 fully saturated rings. The number of H-pyrrole nitrogens is 1. The second-order valence-electron chi connectivity index (χ2n) is 5.99. The number of aromatic nitrogens is 1. The Hall–Kier alpha value is -1.61. The predicted molar refractivity (Wildman–Crippen MR) is 74.7 cm³/mol. The summed E-state index contributed by atoms with van der Waals surface area (Å²) < 4.78 is 0. The molecule has 0 saturated heterocycles. The van der Waals surface area contributed by atoms with Gasteiger partial charge >= 0.3 is 0 Å². The van der Waals surface area contributed by atoms with E-state index in [4.69, 9.17) is 0 Å². The highest BCUT2D eigenvalue weighted by Gasteiger charge is 2.14. The van der Waals surface area contributed by atoms with E-state index in [2.05, 4.69) is 44.1 Å².